The van der Waals surface area contributed by atoms with Crippen LogP contribution in [-0.2, 0) is 4.43 Å². The highest BCUT2D eigenvalue weighted by atomic mass is 28.4. The van der Waals surface area contributed by atoms with Crippen LogP contribution < -0.4 is 14.2 Å². The molecule has 0 spiro atoms. The van der Waals surface area contributed by atoms with Crippen molar-refractivity contribution in [1.82, 2.24) is 0 Å². The first-order chi connectivity index (χ1) is 14.7. The lowest BCUT2D eigenvalue weighted by molar-refractivity contribution is 0.171. The third kappa shape index (κ3) is 4.37. The first-order valence-electron chi connectivity index (χ1n) is 11.2. The molecular formula is C23H35N3O4Si. The number of methoxy groups -OCH3 is 1. The minimum Gasteiger partial charge on any atom is -0.546 e. The number of ether oxygens (including phenoxy) is 3. The Bertz CT molecular complexity index is 856. The smallest absolute Gasteiger partial charge is 0.258 e. The van der Waals surface area contributed by atoms with Crippen molar-refractivity contribution in [2.45, 2.75) is 83.0 Å². The summed E-state index contributed by atoms with van der Waals surface area (Å²) in [7, 11) is -0.439. The lowest BCUT2D eigenvalue weighted by Gasteiger charge is -2.44. The van der Waals surface area contributed by atoms with Crippen molar-refractivity contribution in [2.75, 3.05) is 13.9 Å². The Labute approximate surface area is 186 Å². The fraction of sp³-hybridized carbons (Fsp3) is 0.652. The molecule has 170 valence electrons. The highest BCUT2D eigenvalue weighted by Gasteiger charge is 2.47. The Balaban J connectivity index is 1.95. The summed E-state index contributed by atoms with van der Waals surface area (Å²) in [5.41, 5.74) is 11.7. The average Bonchev–Trinajstić information content (AvgIpc) is 3.19. The molecule has 0 radical (unpaired) electrons. The SMILES string of the molecule is COc1cc(C2CCC(O[Si](C(C)C)(C(C)C)C(C)C)=CC2N=[N+]=[N-])cc2c1OCO2. The molecule has 1 heterocycles. The van der Waals surface area contributed by atoms with Gasteiger partial charge in [0.1, 0.15) is 0 Å². The molecule has 1 aromatic carbocycles. The molecule has 0 bridgehead atoms. The van der Waals surface area contributed by atoms with Gasteiger partial charge in [-0.25, -0.2) is 0 Å². The van der Waals surface area contributed by atoms with E-state index in [0.717, 1.165) is 24.2 Å². The van der Waals surface area contributed by atoms with Gasteiger partial charge >= 0.3 is 0 Å². The van der Waals surface area contributed by atoms with Crippen molar-refractivity contribution in [2.24, 2.45) is 5.11 Å². The van der Waals surface area contributed by atoms with E-state index in [1.54, 1.807) is 7.11 Å². The molecule has 0 amide bonds. The lowest BCUT2D eigenvalue weighted by atomic mass is 9.83. The zero-order valence-electron chi connectivity index (χ0n) is 19.7. The van der Waals surface area contributed by atoms with E-state index in [1.807, 2.05) is 18.2 Å². The van der Waals surface area contributed by atoms with E-state index in [-0.39, 0.29) is 18.8 Å². The van der Waals surface area contributed by atoms with E-state index in [9.17, 15) is 5.53 Å². The first-order valence-corrected chi connectivity index (χ1v) is 13.3. The topological polar surface area (TPSA) is 85.7 Å². The van der Waals surface area contributed by atoms with Crippen molar-refractivity contribution in [3.05, 3.63) is 40.0 Å². The molecule has 1 aromatic rings. The van der Waals surface area contributed by atoms with E-state index in [0.29, 0.717) is 33.9 Å². The van der Waals surface area contributed by atoms with Gasteiger partial charge in [0.15, 0.2) is 11.5 Å². The van der Waals surface area contributed by atoms with E-state index < -0.39 is 8.32 Å². The monoisotopic (exact) mass is 445 g/mol. The maximum Gasteiger partial charge on any atom is 0.258 e. The second kappa shape index (κ2) is 9.45. The molecule has 0 saturated carbocycles. The molecule has 3 rings (SSSR count). The van der Waals surface area contributed by atoms with E-state index in [2.05, 4.69) is 51.6 Å². The quantitative estimate of drug-likeness (QED) is 0.185. The molecule has 0 N–H and O–H groups in total. The molecule has 0 fully saturated rings. The molecule has 1 aliphatic carbocycles. The second-order valence-electron chi connectivity index (χ2n) is 9.35. The van der Waals surface area contributed by atoms with Crippen LogP contribution in [0.5, 0.6) is 17.2 Å². The maximum absolute atomic E-state index is 9.25. The number of allylic oxidation sites excluding steroid dienone is 1. The molecule has 7 nitrogen and oxygen atoms in total. The van der Waals surface area contributed by atoms with Gasteiger partial charge in [-0.1, -0.05) is 46.7 Å². The van der Waals surface area contributed by atoms with Crippen LogP contribution in [0.1, 0.15) is 65.9 Å². The second-order valence-corrected chi connectivity index (χ2v) is 14.7. The van der Waals surface area contributed by atoms with Crippen molar-refractivity contribution in [3.63, 3.8) is 0 Å². The van der Waals surface area contributed by atoms with E-state index in [4.69, 9.17) is 18.6 Å². The van der Waals surface area contributed by atoms with Crippen LogP contribution in [0.3, 0.4) is 0 Å². The molecule has 2 aliphatic rings. The van der Waals surface area contributed by atoms with Gasteiger partial charge in [-0.15, -0.1) is 0 Å². The molecule has 2 atom stereocenters. The zero-order chi connectivity index (χ0) is 22.8. The number of hydrogen-bond acceptors (Lipinski definition) is 5. The van der Waals surface area contributed by atoms with E-state index >= 15 is 0 Å². The fourth-order valence-electron chi connectivity index (χ4n) is 5.43. The molecular weight excluding hydrogens is 410 g/mol. The normalized spacial score (nSPS) is 20.6. The van der Waals surface area contributed by atoms with Crippen LogP contribution in [0.4, 0.5) is 0 Å². The van der Waals surface area contributed by atoms with Crippen LogP contribution in [0.25, 0.3) is 10.4 Å². The van der Waals surface area contributed by atoms with Crippen LogP contribution >= 0.6 is 0 Å². The molecule has 31 heavy (non-hydrogen) atoms. The standard InChI is InChI=1S/C23H35N3O4Si/c1-14(2)31(15(3)4,16(5)6)30-18-8-9-19(20(12-18)25-26-24)17-10-21(27-7)23-22(11-17)28-13-29-23/h10-12,14-16,19-20H,8-9,13H2,1-7H3. The minimum atomic E-state index is -2.06. The number of benzene rings is 1. The predicted molar refractivity (Wildman–Crippen MR) is 124 cm³/mol. The highest BCUT2D eigenvalue weighted by molar-refractivity contribution is 6.77. The number of azide groups is 1. The van der Waals surface area contributed by atoms with Crippen LogP contribution in [0, 0.1) is 0 Å². The van der Waals surface area contributed by atoms with Gasteiger partial charge < -0.3 is 18.6 Å². The minimum absolute atomic E-state index is 0.0277. The summed E-state index contributed by atoms with van der Waals surface area (Å²) in [5, 5.41) is 4.13. The van der Waals surface area contributed by atoms with E-state index in [1.165, 1.54) is 0 Å². The number of hydrogen-bond donors (Lipinski definition) is 0. The van der Waals surface area contributed by atoms with Gasteiger partial charge in [-0.3, -0.25) is 0 Å². The zero-order valence-corrected chi connectivity index (χ0v) is 20.7. The summed E-state index contributed by atoms with van der Waals surface area (Å²) < 4.78 is 23.5. The Morgan fingerprint density at radius 2 is 1.77 bits per heavy atom. The van der Waals surface area contributed by atoms with Gasteiger partial charge in [-0.2, -0.15) is 0 Å². The summed E-state index contributed by atoms with van der Waals surface area (Å²) in [6.07, 6.45) is 3.69. The summed E-state index contributed by atoms with van der Waals surface area (Å²) >= 11 is 0. The van der Waals surface area contributed by atoms with Crippen LogP contribution in [0.15, 0.2) is 29.1 Å². The van der Waals surface area contributed by atoms with Crippen molar-refractivity contribution < 1.29 is 18.6 Å². The average molecular weight is 446 g/mol. The Morgan fingerprint density at radius 1 is 1.10 bits per heavy atom. The van der Waals surface area contributed by atoms with Crippen molar-refractivity contribution >= 4 is 8.32 Å². The maximum atomic E-state index is 9.25. The largest absolute Gasteiger partial charge is 0.546 e. The summed E-state index contributed by atoms with van der Waals surface area (Å²) in [6.45, 7) is 13.9. The van der Waals surface area contributed by atoms with Gasteiger partial charge in [0.05, 0.1) is 18.9 Å². The number of rotatable bonds is 8. The summed E-state index contributed by atoms with van der Waals surface area (Å²) in [4.78, 5) is 3.14. The van der Waals surface area contributed by atoms with Crippen LogP contribution in [0.2, 0.25) is 16.6 Å². The Hall–Kier alpha value is -2.31. The lowest BCUT2D eigenvalue weighted by Crippen LogP contribution is -2.47. The van der Waals surface area contributed by atoms with Gasteiger partial charge in [0, 0.05) is 11.3 Å². The summed E-state index contributed by atoms with van der Waals surface area (Å²) in [5.74, 6) is 2.94. The Kier molecular flexibility index (Phi) is 7.12. The third-order valence-electron chi connectivity index (χ3n) is 6.78. The van der Waals surface area contributed by atoms with Gasteiger partial charge in [-0.05, 0) is 58.3 Å². The predicted octanol–water partition coefficient (Wildman–Crippen LogP) is 7.06. The molecule has 0 aromatic heterocycles. The third-order valence-corrected chi connectivity index (χ3v) is 12.8. The number of fused-ring (bicyclic) bond motifs is 1. The van der Waals surface area contributed by atoms with Gasteiger partial charge in [0.2, 0.25) is 12.5 Å². The highest BCUT2D eigenvalue weighted by Crippen LogP contribution is 2.48. The molecule has 1 aliphatic heterocycles. The Morgan fingerprint density at radius 3 is 2.35 bits per heavy atom. The number of nitrogens with zero attached hydrogens (tertiary/aromatic N) is 3. The molecule has 2 unspecified atom stereocenters. The molecule has 0 saturated heterocycles. The van der Waals surface area contributed by atoms with Gasteiger partial charge in [0.25, 0.3) is 8.32 Å². The summed E-state index contributed by atoms with van der Waals surface area (Å²) in [6, 6.07) is 3.62. The fourth-order valence-corrected chi connectivity index (χ4v) is 10.8. The van der Waals surface area contributed by atoms with Crippen LogP contribution in [-0.4, -0.2) is 28.3 Å². The van der Waals surface area contributed by atoms with Crippen molar-refractivity contribution in [3.8, 4) is 17.2 Å². The molecule has 8 heteroatoms. The van der Waals surface area contributed by atoms with Crippen molar-refractivity contribution in [1.29, 1.82) is 0 Å². The first kappa shape index (κ1) is 23.4.